The first-order valence-electron chi connectivity index (χ1n) is 6.49. The van der Waals surface area contributed by atoms with Gasteiger partial charge in [-0.1, -0.05) is 0 Å². The number of nitrogens with zero attached hydrogens (tertiary/aromatic N) is 4. The zero-order chi connectivity index (χ0) is 15.2. The van der Waals surface area contributed by atoms with Gasteiger partial charge in [-0.2, -0.15) is 0 Å². The van der Waals surface area contributed by atoms with Gasteiger partial charge in [-0.05, 0) is 19.9 Å². The average Bonchev–Trinajstić information content (AvgIpc) is 2.48. The van der Waals surface area contributed by atoms with Crippen LogP contribution in [0, 0.1) is 10.1 Å². The smallest absolute Gasteiger partial charge is 0.313 e. The van der Waals surface area contributed by atoms with Crippen molar-refractivity contribution in [2.45, 2.75) is 13.8 Å². The maximum atomic E-state index is 11.1. The van der Waals surface area contributed by atoms with Gasteiger partial charge in [0.15, 0.2) is 5.69 Å². The number of pyridine rings is 1. The Morgan fingerprint density at radius 2 is 2.14 bits per heavy atom. The summed E-state index contributed by atoms with van der Waals surface area (Å²) in [7, 11) is 0. The van der Waals surface area contributed by atoms with Gasteiger partial charge in [0, 0.05) is 18.3 Å². The number of ether oxygens (including phenoxy) is 1. The second-order valence-corrected chi connectivity index (χ2v) is 4.06. The van der Waals surface area contributed by atoms with Gasteiger partial charge in [-0.15, -0.1) is 0 Å². The fourth-order valence-electron chi connectivity index (χ4n) is 1.76. The van der Waals surface area contributed by atoms with E-state index in [1.807, 2.05) is 13.8 Å². The van der Waals surface area contributed by atoms with Crippen molar-refractivity contribution in [2.75, 3.05) is 18.5 Å². The molecule has 0 aliphatic carbocycles. The molecule has 0 bridgehead atoms. The predicted molar refractivity (Wildman–Crippen MR) is 77.3 cm³/mol. The van der Waals surface area contributed by atoms with E-state index >= 15 is 0 Å². The minimum Gasteiger partial charge on any atom is -0.492 e. The van der Waals surface area contributed by atoms with Crippen molar-refractivity contribution in [3.8, 4) is 17.0 Å². The van der Waals surface area contributed by atoms with E-state index in [4.69, 9.17) is 4.74 Å². The van der Waals surface area contributed by atoms with Crippen molar-refractivity contribution < 1.29 is 9.66 Å². The number of rotatable bonds is 6. The molecule has 21 heavy (non-hydrogen) atoms. The van der Waals surface area contributed by atoms with E-state index in [2.05, 4.69) is 20.3 Å². The third kappa shape index (κ3) is 3.41. The Balaban J connectivity index is 2.51. The zero-order valence-electron chi connectivity index (χ0n) is 11.7. The van der Waals surface area contributed by atoms with Gasteiger partial charge in [0.2, 0.25) is 5.95 Å². The molecule has 1 N–H and O–H groups in total. The van der Waals surface area contributed by atoms with Crippen LogP contribution in [0.4, 0.5) is 11.6 Å². The fraction of sp³-hybridized carbons (Fsp3) is 0.308. The maximum absolute atomic E-state index is 11.1. The van der Waals surface area contributed by atoms with Crippen LogP contribution in [-0.2, 0) is 0 Å². The molecule has 0 spiro atoms. The minimum atomic E-state index is -0.515. The number of nitrogens with one attached hydrogen (secondary N) is 1. The van der Waals surface area contributed by atoms with E-state index < -0.39 is 4.92 Å². The topological polar surface area (TPSA) is 103 Å². The second-order valence-electron chi connectivity index (χ2n) is 4.06. The van der Waals surface area contributed by atoms with E-state index in [-0.39, 0.29) is 11.4 Å². The lowest BCUT2D eigenvalue weighted by Crippen LogP contribution is -2.05. The molecule has 0 saturated carbocycles. The lowest BCUT2D eigenvalue weighted by atomic mass is 10.2. The Morgan fingerprint density at radius 1 is 1.33 bits per heavy atom. The van der Waals surface area contributed by atoms with Crippen LogP contribution >= 0.6 is 0 Å². The van der Waals surface area contributed by atoms with E-state index in [0.29, 0.717) is 30.4 Å². The first-order valence-corrected chi connectivity index (χ1v) is 6.49. The highest BCUT2D eigenvalue weighted by molar-refractivity contribution is 5.70. The van der Waals surface area contributed by atoms with Crippen molar-refractivity contribution >= 4 is 11.6 Å². The molecule has 0 aliphatic rings. The minimum absolute atomic E-state index is 0.174. The molecular weight excluding hydrogens is 274 g/mol. The first kappa shape index (κ1) is 14.6. The molecule has 110 valence electrons. The molecule has 0 unspecified atom stereocenters. The molecule has 0 aliphatic heterocycles. The highest BCUT2D eigenvalue weighted by atomic mass is 16.6. The summed E-state index contributed by atoms with van der Waals surface area (Å²) in [6, 6.07) is 1.67. The molecule has 2 aromatic heterocycles. The molecular formula is C13H15N5O3. The van der Waals surface area contributed by atoms with E-state index in [9.17, 15) is 10.1 Å². The summed E-state index contributed by atoms with van der Waals surface area (Å²) >= 11 is 0. The lowest BCUT2D eigenvalue weighted by Gasteiger charge is -2.07. The third-order valence-electron chi connectivity index (χ3n) is 2.60. The van der Waals surface area contributed by atoms with E-state index in [1.165, 1.54) is 12.4 Å². The van der Waals surface area contributed by atoms with Gasteiger partial charge in [-0.3, -0.25) is 15.1 Å². The van der Waals surface area contributed by atoms with Crippen molar-refractivity contribution in [1.29, 1.82) is 0 Å². The third-order valence-corrected chi connectivity index (χ3v) is 2.60. The highest BCUT2D eigenvalue weighted by Gasteiger charge is 2.19. The van der Waals surface area contributed by atoms with Crippen LogP contribution in [0.5, 0.6) is 5.75 Å². The number of hydrogen-bond donors (Lipinski definition) is 1. The van der Waals surface area contributed by atoms with Crippen LogP contribution in [0.25, 0.3) is 11.3 Å². The van der Waals surface area contributed by atoms with Gasteiger partial charge in [0.05, 0.1) is 17.7 Å². The summed E-state index contributed by atoms with van der Waals surface area (Å²) < 4.78 is 5.35. The average molecular weight is 289 g/mol. The molecule has 8 heteroatoms. The monoisotopic (exact) mass is 289 g/mol. The Kier molecular flexibility index (Phi) is 4.60. The molecule has 2 heterocycles. The molecule has 0 atom stereocenters. The maximum Gasteiger partial charge on any atom is 0.313 e. The van der Waals surface area contributed by atoms with Gasteiger partial charge in [0.25, 0.3) is 0 Å². The summed E-state index contributed by atoms with van der Waals surface area (Å²) in [5.41, 5.74) is 0.543. The molecule has 0 amide bonds. The van der Waals surface area contributed by atoms with Crippen LogP contribution in [0.15, 0.2) is 24.7 Å². The lowest BCUT2D eigenvalue weighted by molar-refractivity contribution is -0.384. The molecule has 2 aromatic rings. The molecule has 0 saturated heterocycles. The number of nitro groups is 1. The van der Waals surface area contributed by atoms with Crippen LogP contribution in [0.3, 0.4) is 0 Å². The molecule has 0 fully saturated rings. The highest BCUT2D eigenvalue weighted by Crippen LogP contribution is 2.29. The van der Waals surface area contributed by atoms with Crippen molar-refractivity contribution in [3.63, 3.8) is 0 Å². The van der Waals surface area contributed by atoms with Gasteiger partial charge >= 0.3 is 5.69 Å². The Morgan fingerprint density at radius 3 is 2.81 bits per heavy atom. The number of aromatic nitrogens is 3. The van der Waals surface area contributed by atoms with E-state index in [0.717, 1.165) is 0 Å². The zero-order valence-corrected chi connectivity index (χ0v) is 11.7. The van der Waals surface area contributed by atoms with Gasteiger partial charge in [0.1, 0.15) is 11.9 Å². The Labute approximate surface area is 121 Å². The first-order chi connectivity index (χ1) is 10.2. The quantitative estimate of drug-likeness (QED) is 0.642. The summed E-state index contributed by atoms with van der Waals surface area (Å²) in [6.45, 7) is 4.85. The van der Waals surface area contributed by atoms with Crippen LogP contribution in [-0.4, -0.2) is 33.0 Å². The number of hydrogen-bond acceptors (Lipinski definition) is 7. The van der Waals surface area contributed by atoms with Crippen LogP contribution in [0.1, 0.15) is 13.8 Å². The standard InChI is InChI=1S/C13H15N5O3/c1-3-15-13-16-8-11(18(19)20)12(17-13)9-5-10(21-4-2)7-14-6-9/h5-8H,3-4H2,1-2H3,(H,15,16,17). The largest absolute Gasteiger partial charge is 0.492 e. The molecule has 0 radical (unpaired) electrons. The van der Waals surface area contributed by atoms with Gasteiger partial charge in [-0.25, -0.2) is 9.97 Å². The van der Waals surface area contributed by atoms with Crippen molar-refractivity contribution in [2.24, 2.45) is 0 Å². The Hall–Kier alpha value is -2.77. The molecule has 8 nitrogen and oxygen atoms in total. The van der Waals surface area contributed by atoms with Gasteiger partial charge < -0.3 is 10.1 Å². The fourth-order valence-corrected chi connectivity index (χ4v) is 1.76. The van der Waals surface area contributed by atoms with Crippen LogP contribution < -0.4 is 10.1 Å². The second kappa shape index (κ2) is 6.60. The number of anilines is 1. The summed E-state index contributed by atoms with van der Waals surface area (Å²) in [5.74, 6) is 0.868. The molecule has 0 aromatic carbocycles. The van der Waals surface area contributed by atoms with Crippen LogP contribution in [0.2, 0.25) is 0 Å². The van der Waals surface area contributed by atoms with Crippen molar-refractivity contribution in [1.82, 2.24) is 15.0 Å². The molecule has 2 rings (SSSR count). The summed E-state index contributed by atoms with van der Waals surface area (Å²) in [5, 5.41) is 14.1. The van der Waals surface area contributed by atoms with Crippen molar-refractivity contribution in [3.05, 3.63) is 34.8 Å². The SMILES string of the molecule is CCNc1ncc([N+](=O)[O-])c(-c2cncc(OCC)c2)n1. The normalized spacial score (nSPS) is 10.2. The Bertz CT molecular complexity index is 647. The summed E-state index contributed by atoms with van der Waals surface area (Å²) in [6.07, 6.45) is 4.24. The predicted octanol–water partition coefficient (Wildman–Crippen LogP) is 2.28. The summed E-state index contributed by atoms with van der Waals surface area (Å²) in [4.78, 5) is 22.8. The van der Waals surface area contributed by atoms with E-state index in [1.54, 1.807) is 12.3 Å².